The molecule has 4 aliphatic carbocycles. The molecular weight excluding hydrogens is 298 g/mol. The van der Waals surface area contributed by atoms with Crippen LogP contribution in [0.1, 0.15) is 44.2 Å². The van der Waals surface area contributed by atoms with Gasteiger partial charge in [-0.3, -0.25) is 4.98 Å². The first-order valence-electron chi connectivity index (χ1n) is 7.77. The van der Waals surface area contributed by atoms with Crippen molar-refractivity contribution in [3.63, 3.8) is 0 Å². The molecule has 4 aliphatic rings. The van der Waals surface area contributed by atoms with Crippen LogP contribution in [0.3, 0.4) is 0 Å². The molecule has 0 radical (unpaired) electrons. The van der Waals surface area contributed by atoms with Gasteiger partial charge in [0.15, 0.2) is 0 Å². The summed E-state index contributed by atoms with van der Waals surface area (Å²) in [6.07, 6.45) is 12.0. The fourth-order valence-electron chi connectivity index (χ4n) is 5.48. The van der Waals surface area contributed by atoms with Gasteiger partial charge in [-0.25, -0.2) is 0 Å². The quantitative estimate of drug-likeness (QED) is 0.742. The average molecular weight is 320 g/mol. The first kappa shape index (κ1) is 12.4. The van der Waals surface area contributed by atoms with Gasteiger partial charge >= 0.3 is 0 Å². The zero-order chi connectivity index (χ0) is 12.9. The summed E-state index contributed by atoms with van der Waals surface area (Å²) in [4.78, 5) is 5.14. The molecule has 4 saturated carbocycles. The predicted molar refractivity (Wildman–Crippen MR) is 81.3 cm³/mol. The molecule has 5 rings (SSSR count). The maximum Gasteiger partial charge on any atom is 0.0414 e. The van der Waals surface area contributed by atoms with Crippen molar-refractivity contribution >= 4 is 15.9 Å². The summed E-state index contributed by atoms with van der Waals surface area (Å²) in [6.45, 7) is 0. The van der Waals surface area contributed by atoms with Crippen LogP contribution in [0.5, 0.6) is 0 Å². The third-order valence-corrected chi connectivity index (χ3v) is 7.16. The minimum Gasteiger partial charge on any atom is -0.261 e. The fraction of sp³-hybridized carbons (Fsp3) is 0.706. The van der Waals surface area contributed by atoms with E-state index >= 15 is 0 Å². The Hall–Kier alpha value is -0.370. The van der Waals surface area contributed by atoms with Gasteiger partial charge in [0.25, 0.3) is 0 Å². The number of rotatable bonds is 3. The van der Waals surface area contributed by atoms with E-state index in [0.717, 1.165) is 24.2 Å². The van der Waals surface area contributed by atoms with Gasteiger partial charge in [0.2, 0.25) is 0 Å². The Labute approximate surface area is 124 Å². The molecule has 2 heteroatoms. The molecule has 0 amide bonds. The molecule has 0 saturated heterocycles. The Morgan fingerprint density at radius 1 is 1.11 bits per heavy atom. The van der Waals surface area contributed by atoms with Crippen molar-refractivity contribution in [2.75, 3.05) is 0 Å². The van der Waals surface area contributed by atoms with Crippen LogP contribution in [0.15, 0.2) is 24.4 Å². The number of aromatic nitrogens is 1. The van der Waals surface area contributed by atoms with Gasteiger partial charge in [-0.2, -0.15) is 0 Å². The summed E-state index contributed by atoms with van der Waals surface area (Å²) >= 11 is 4.06. The summed E-state index contributed by atoms with van der Waals surface area (Å²) in [6, 6.07) is 6.30. The fourth-order valence-corrected chi connectivity index (χ4v) is 6.37. The van der Waals surface area contributed by atoms with Gasteiger partial charge in [-0.05, 0) is 73.8 Å². The monoisotopic (exact) mass is 319 g/mol. The van der Waals surface area contributed by atoms with Crippen molar-refractivity contribution in [3.05, 3.63) is 30.1 Å². The van der Waals surface area contributed by atoms with Gasteiger partial charge in [-0.1, -0.05) is 22.0 Å². The maximum atomic E-state index is 4.52. The minimum atomic E-state index is 0.590. The van der Waals surface area contributed by atoms with Gasteiger partial charge < -0.3 is 0 Å². The first-order valence-corrected chi connectivity index (χ1v) is 8.69. The van der Waals surface area contributed by atoms with Crippen molar-refractivity contribution in [3.8, 4) is 0 Å². The van der Waals surface area contributed by atoms with Gasteiger partial charge in [-0.15, -0.1) is 0 Å². The molecule has 1 unspecified atom stereocenters. The molecule has 4 bridgehead atoms. The lowest BCUT2D eigenvalue weighted by molar-refractivity contribution is -0.0523. The summed E-state index contributed by atoms with van der Waals surface area (Å²) < 4.78 is 0. The first-order chi connectivity index (χ1) is 9.23. The molecule has 0 N–H and O–H groups in total. The van der Waals surface area contributed by atoms with Crippen LogP contribution < -0.4 is 0 Å². The van der Waals surface area contributed by atoms with E-state index < -0.39 is 0 Å². The topological polar surface area (TPSA) is 12.9 Å². The smallest absolute Gasteiger partial charge is 0.0414 e. The van der Waals surface area contributed by atoms with Crippen LogP contribution in [0, 0.1) is 23.2 Å². The van der Waals surface area contributed by atoms with E-state index in [9.17, 15) is 0 Å². The van der Waals surface area contributed by atoms with E-state index in [1.807, 2.05) is 12.3 Å². The summed E-state index contributed by atoms with van der Waals surface area (Å²) in [7, 11) is 0. The molecular formula is C17H22BrN. The van der Waals surface area contributed by atoms with Crippen LogP contribution in [-0.2, 0) is 6.42 Å². The second-order valence-corrected chi connectivity index (χ2v) is 8.38. The summed E-state index contributed by atoms with van der Waals surface area (Å²) in [5.41, 5.74) is 1.84. The number of hydrogen-bond donors (Lipinski definition) is 0. The average Bonchev–Trinajstić information content (AvgIpc) is 2.38. The molecule has 19 heavy (non-hydrogen) atoms. The van der Waals surface area contributed by atoms with Crippen LogP contribution in [-0.4, -0.2) is 9.81 Å². The minimum absolute atomic E-state index is 0.590. The highest BCUT2D eigenvalue weighted by Crippen LogP contribution is 2.62. The standard InChI is InChI=1S/C17H22BrN/c18-16(8-15-3-1-2-4-19-15)17-9-12-5-13(10-17)7-14(6-12)11-17/h1-4,12-14,16H,5-11H2. The van der Waals surface area contributed by atoms with E-state index in [1.165, 1.54) is 44.2 Å². The van der Waals surface area contributed by atoms with E-state index in [1.54, 1.807) is 0 Å². The predicted octanol–water partition coefficient (Wildman–Crippen LogP) is 4.60. The van der Waals surface area contributed by atoms with Crippen molar-refractivity contribution in [2.24, 2.45) is 23.2 Å². The Morgan fingerprint density at radius 2 is 1.74 bits per heavy atom. The van der Waals surface area contributed by atoms with E-state index in [2.05, 4.69) is 33.0 Å². The van der Waals surface area contributed by atoms with E-state index in [-0.39, 0.29) is 0 Å². The largest absolute Gasteiger partial charge is 0.261 e. The molecule has 0 aliphatic heterocycles. The summed E-state index contributed by atoms with van der Waals surface area (Å²) in [5.74, 6) is 3.11. The zero-order valence-corrected chi connectivity index (χ0v) is 13.0. The number of pyridine rings is 1. The lowest BCUT2D eigenvalue weighted by Crippen LogP contribution is -2.50. The van der Waals surface area contributed by atoms with Crippen LogP contribution in [0.25, 0.3) is 0 Å². The zero-order valence-electron chi connectivity index (χ0n) is 11.4. The van der Waals surface area contributed by atoms with Crippen molar-refractivity contribution < 1.29 is 0 Å². The highest BCUT2D eigenvalue weighted by molar-refractivity contribution is 9.09. The number of halogens is 1. The van der Waals surface area contributed by atoms with Crippen molar-refractivity contribution in [1.82, 2.24) is 4.98 Å². The molecule has 1 nitrogen and oxygen atoms in total. The summed E-state index contributed by atoms with van der Waals surface area (Å²) in [5, 5.41) is 0. The van der Waals surface area contributed by atoms with Crippen molar-refractivity contribution in [2.45, 2.75) is 49.8 Å². The van der Waals surface area contributed by atoms with Gasteiger partial charge in [0.1, 0.15) is 0 Å². The molecule has 1 aromatic heterocycles. The van der Waals surface area contributed by atoms with Gasteiger partial charge in [0, 0.05) is 23.1 Å². The Kier molecular flexibility index (Phi) is 2.98. The molecule has 0 aromatic carbocycles. The van der Waals surface area contributed by atoms with Crippen LogP contribution >= 0.6 is 15.9 Å². The van der Waals surface area contributed by atoms with Crippen LogP contribution in [0.2, 0.25) is 0 Å². The third kappa shape index (κ3) is 2.16. The number of hydrogen-bond acceptors (Lipinski definition) is 1. The normalized spacial score (nSPS) is 41.4. The Balaban J connectivity index is 1.55. The molecule has 1 atom stereocenters. The molecule has 0 spiro atoms. The maximum absolute atomic E-state index is 4.52. The highest BCUT2D eigenvalue weighted by Gasteiger charge is 2.53. The SMILES string of the molecule is BrC(Cc1ccccn1)C12CC3CC(CC(C3)C1)C2. The molecule has 4 fully saturated rings. The Morgan fingerprint density at radius 3 is 2.26 bits per heavy atom. The van der Waals surface area contributed by atoms with Crippen LogP contribution in [0.4, 0.5) is 0 Å². The Bertz CT molecular complexity index is 420. The number of alkyl halides is 1. The molecule has 102 valence electrons. The molecule has 1 aromatic rings. The lowest BCUT2D eigenvalue weighted by Gasteiger charge is -2.58. The van der Waals surface area contributed by atoms with Crippen molar-refractivity contribution in [1.29, 1.82) is 0 Å². The number of nitrogens with zero attached hydrogens (tertiary/aromatic N) is 1. The van der Waals surface area contributed by atoms with E-state index in [4.69, 9.17) is 0 Å². The highest BCUT2D eigenvalue weighted by atomic mass is 79.9. The second kappa shape index (κ2) is 4.58. The van der Waals surface area contributed by atoms with E-state index in [0.29, 0.717) is 10.2 Å². The van der Waals surface area contributed by atoms with Gasteiger partial charge in [0.05, 0.1) is 0 Å². The third-order valence-electron chi connectivity index (χ3n) is 5.86. The second-order valence-electron chi connectivity index (χ2n) is 7.27. The lowest BCUT2D eigenvalue weighted by atomic mass is 9.48. The molecule has 1 heterocycles.